The van der Waals surface area contributed by atoms with Crippen molar-refractivity contribution >= 4 is 15.7 Å². The fraction of sp³-hybridized carbons (Fsp3) is 0.500. The van der Waals surface area contributed by atoms with E-state index in [0.717, 1.165) is 31.7 Å². The average Bonchev–Trinajstić information content (AvgIpc) is 2.80. The van der Waals surface area contributed by atoms with Gasteiger partial charge in [-0.2, -0.15) is 4.31 Å². The van der Waals surface area contributed by atoms with Crippen molar-refractivity contribution in [2.75, 3.05) is 12.8 Å². The third-order valence-corrected chi connectivity index (χ3v) is 5.48. The number of sulfonamides is 1. The molecule has 2 N–H and O–H groups in total. The van der Waals surface area contributed by atoms with Gasteiger partial charge in [-0.15, -0.1) is 0 Å². The van der Waals surface area contributed by atoms with E-state index in [1.165, 1.54) is 23.5 Å². The van der Waals surface area contributed by atoms with Gasteiger partial charge in [0.2, 0.25) is 10.0 Å². The lowest BCUT2D eigenvalue weighted by atomic mass is 10.3. The molecule has 1 saturated carbocycles. The second-order valence-electron chi connectivity index (χ2n) is 4.62. The Morgan fingerprint density at radius 3 is 2.50 bits per heavy atom. The molecule has 0 aromatic heterocycles. The number of nitrogens with zero attached hydrogens (tertiary/aromatic N) is 1. The second-order valence-corrected chi connectivity index (χ2v) is 6.55. The molecule has 0 saturated heterocycles. The first-order chi connectivity index (χ1) is 8.44. The molecule has 1 aromatic carbocycles. The third-order valence-electron chi connectivity index (χ3n) is 3.47. The largest absolute Gasteiger partial charge is 0.398 e. The van der Waals surface area contributed by atoms with E-state index < -0.39 is 20.7 Å². The molecule has 1 aliphatic rings. The molecule has 1 fully saturated rings. The maximum Gasteiger partial charge on any atom is 0.248 e. The van der Waals surface area contributed by atoms with Crippen molar-refractivity contribution in [1.29, 1.82) is 0 Å². The summed E-state index contributed by atoms with van der Waals surface area (Å²) in [6, 6.07) is 3.87. The van der Waals surface area contributed by atoms with Crippen molar-refractivity contribution in [2.45, 2.75) is 36.6 Å². The molecule has 0 amide bonds. The Kier molecular flexibility index (Phi) is 3.59. The Morgan fingerprint density at radius 2 is 1.94 bits per heavy atom. The summed E-state index contributed by atoms with van der Waals surface area (Å²) in [4.78, 5) is -0.403. The Labute approximate surface area is 107 Å². The molecule has 6 heteroatoms. The van der Waals surface area contributed by atoms with Crippen LogP contribution >= 0.6 is 0 Å². The lowest BCUT2D eigenvalue weighted by Crippen LogP contribution is -2.36. The fourth-order valence-corrected chi connectivity index (χ4v) is 3.98. The van der Waals surface area contributed by atoms with Gasteiger partial charge < -0.3 is 5.73 Å². The monoisotopic (exact) mass is 272 g/mol. The van der Waals surface area contributed by atoms with E-state index in [-0.39, 0.29) is 11.7 Å². The van der Waals surface area contributed by atoms with Crippen LogP contribution in [-0.2, 0) is 10.0 Å². The molecule has 0 heterocycles. The standard InChI is InChI=1S/C12H17FN2O2S/c1-15(9-5-2-3-6-9)18(16,17)12-10(13)7-4-8-11(12)14/h4,7-9H,2-3,5-6,14H2,1H3. The zero-order valence-corrected chi connectivity index (χ0v) is 11.1. The summed E-state index contributed by atoms with van der Waals surface area (Å²) in [5.74, 6) is -0.792. The highest BCUT2D eigenvalue weighted by Gasteiger charge is 2.33. The summed E-state index contributed by atoms with van der Waals surface area (Å²) in [7, 11) is -2.35. The molecule has 100 valence electrons. The van der Waals surface area contributed by atoms with Gasteiger partial charge in [0, 0.05) is 13.1 Å². The summed E-state index contributed by atoms with van der Waals surface area (Å²) in [5, 5.41) is 0. The topological polar surface area (TPSA) is 63.4 Å². The number of hydrogen-bond acceptors (Lipinski definition) is 3. The maximum absolute atomic E-state index is 13.7. The molecule has 2 rings (SSSR count). The Balaban J connectivity index is 2.41. The average molecular weight is 272 g/mol. The van der Waals surface area contributed by atoms with Crippen molar-refractivity contribution < 1.29 is 12.8 Å². The van der Waals surface area contributed by atoms with Gasteiger partial charge in [0.1, 0.15) is 10.7 Å². The first-order valence-corrected chi connectivity index (χ1v) is 7.40. The quantitative estimate of drug-likeness (QED) is 0.856. The van der Waals surface area contributed by atoms with E-state index >= 15 is 0 Å². The number of nitrogens with two attached hydrogens (primary N) is 1. The minimum absolute atomic E-state index is 0.0418. The minimum atomic E-state index is -3.85. The molecule has 0 atom stereocenters. The first kappa shape index (κ1) is 13.3. The smallest absolute Gasteiger partial charge is 0.248 e. The zero-order chi connectivity index (χ0) is 13.3. The van der Waals surface area contributed by atoms with Crippen LogP contribution in [0.1, 0.15) is 25.7 Å². The summed E-state index contributed by atoms with van der Waals surface area (Å²) < 4.78 is 39.7. The first-order valence-electron chi connectivity index (χ1n) is 5.96. The van der Waals surface area contributed by atoms with E-state index in [4.69, 9.17) is 5.73 Å². The van der Waals surface area contributed by atoms with Gasteiger partial charge in [0.05, 0.1) is 5.69 Å². The van der Waals surface area contributed by atoms with E-state index in [0.29, 0.717) is 0 Å². The Hall–Kier alpha value is -1.14. The van der Waals surface area contributed by atoms with Crippen LogP contribution < -0.4 is 5.73 Å². The second kappa shape index (κ2) is 4.85. The molecular formula is C12H17FN2O2S. The van der Waals surface area contributed by atoms with Crippen molar-refractivity contribution in [3.05, 3.63) is 24.0 Å². The van der Waals surface area contributed by atoms with E-state index in [1.807, 2.05) is 0 Å². The van der Waals surface area contributed by atoms with Gasteiger partial charge in [-0.3, -0.25) is 0 Å². The molecule has 0 spiro atoms. The maximum atomic E-state index is 13.7. The van der Waals surface area contributed by atoms with Crippen LogP contribution in [0.5, 0.6) is 0 Å². The lowest BCUT2D eigenvalue weighted by Gasteiger charge is -2.24. The summed E-state index contributed by atoms with van der Waals surface area (Å²) >= 11 is 0. The van der Waals surface area contributed by atoms with E-state index in [2.05, 4.69) is 0 Å². The molecule has 1 aliphatic carbocycles. The number of halogens is 1. The van der Waals surface area contributed by atoms with Crippen molar-refractivity contribution in [2.24, 2.45) is 0 Å². The lowest BCUT2D eigenvalue weighted by molar-refractivity contribution is 0.371. The van der Waals surface area contributed by atoms with Gasteiger partial charge in [0.25, 0.3) is 0 Å². The van der Waals surface area contributed by atoms with E-state index in [1.54, 1.807) is 0 Å². The van der Waals surface area contributed by atoms with Crippen molar-refractivity contribution in [1.82, 2.24) is 4.31 Å². The van der Waals surface area contributed by atoms with Crippen LogP contribution in [0.15, 0.2) is 23.1 Å². The molecule has 18 heavy (non-hydrogen) atoms. The number of rotatable bonds is 3. The predicted molar refractivity (Wildman–Crippen MR) is 68.0 cm³/mol. The zero-order valence-electron chi connectivity index (χ0n) is 10.3. The summed E-state index contributed by atoms with van der Waals surface area (Å²) in [5.41, 5.74) is 5.56. The SMILES string of the molecule is CN(C1CCCC1)S(=O)(=O)c1c(N)cccc1F. The van der Waals surface area contributed by atoms with Crippen LogP contribution in [-0.4, -0.2) is 25.8 Å². The predicted octanol–water partition coefficient (Wildman–Crippen LogP) is 1.97. The highest BCUT2D eigenvalue weighted by Crippen LogP contribution is 2.30. The molecule has 0 aliphatic heterocycles. The fourth-order valence-electron chi connectivity index (χ4n) is 2.41. The third kappa shape index (κ3) is 2.22. The van der Waals surface area contributed by atoms with Crippen LogP contribution in [0.25, 0.3) is 0 Å². The van der Waals surface area contributed by atoms with Crippen LogP contribution in [0.4, 0.5) is 10.1 Å². The molecule has 4 nitrogen and oxygen atoms in total. The minimum Gasteiger partial charge on any atom is -0.398 e. The van der Waals surface area contributed by atoms with Crippen LogP contribution in [0.2, 0.25) is 0 Å². The molecule has 0 unspecified atom stereocenters. The van der Waals surface area contributed by atoms with Crippen LogP contribution in [0, 0.1) is 5.82 Å². The van der Waals surface area contributed by atoms with Gasteiger partial charge in [0.15, 0.2) is 0 Å². The van der Waals surface area contributed by atoms with Gasteiger partial charge in [-0.1, -0.05) is 18.9 Å². The van der Waals surface area contributed by atoms with Gasteiger partial charge >= 0.3 is 0 Å². The summed E-state index contributed by atoms with van der Waals surface area (Å²) in [6.07, 6.45) is 3.67. The number of benzene rings is 1. The van der Waals surface area contributed by atoms with Crippen LogP contribution in [0.3, 0.4) is 0 Å². The molecule has 1 aromatic rings. The highest BCUT2D eigenvalue weighted by molar-refractivity contribution is 7.89. The number of nitrogen functional groups attached to an aromatic ring is 1. The van der Waals surface area contributed by atoms with Crippen molar-refractivity contribution in [3.8, 4) is 0 Å². The molecular weight excluding hydrogens is 255 g/mol. The Bertz CT molecular complexity index is 519. The van der Waals surface area contributed by atoms with Gasteiger partial charge in [-0.05, 0) is 25.0 Å². The van der Waals surface area contributed by atoms with Crippen molar-refractivity contribution in [3.63, 3.8) is 0 Å². The normalized spacial score (nSPS) is 17.5. The highest BCUT2D eigenvalue weighted by atomic mass is 32.2. The molecule has 0 bridgehead atoms. The summed E-state index contributed by atoms with van der Waals surface area (Å²) in [6.45, 7) is 0. The Morgan fingerprint density at radius 1 is 1.33 bits per heavy atom. The number of hydrogen-bond donors (Lipinski definition) is 1. The van der Waals surface area contributed by atoms with Gasteiger partial charge in [-0.25, -0.2) is 12.8 Å². The number of anilines is 1. The van der Waals surface area contributed by atoms with E-state index in [9.17, 15) is 12.8 Å². The molecule has 0 radical (unpaired) electrons.